The van der Waals surface area contributed by atoms with Crippen LogP contribution >= 0.6 is 24.0 Å². The Hall–Kier alpha value is -1.55. The van der Waals surface area contributed by atoms with Crippen molar-refractivity contribution >= 4 is 36.0 Å². The van der Waals surface area contributed by atoms with Crippen molar-refractivity contribution in [2.45, 2.75) is 78.6 Å². The number of nitrogens with zero attached hydrogens (tertiary/aromatic N) is 3. The number of ether oxygens (including phenoxy) is 1. The summed E-state index contributed by atoms with van der Waals surface area (Å²) in [5.74, 6) is 0.884. The number of piperidine rings is 1. The third-order valence-electron chi connectivity index (χ3n) is 5.38. The number of likely N-dealkylation sites (tertiary alicyclic amines) is 1. The average Bonchev–Trinajstić information content (AvgIpc) is 2.73. The predicted octanol–water partition coefficient (Wildman–Crippen LogP) is 4.60. The molecule has 7 nitrogen and oxygen atoms in total. The zero-order chi connectivity index (χ0) is 23.6. The molecule has 2 rings (SSSR count). The van der Waals surface area contributed by atoms with Crippen molar-refractivity contribution in [2.75, 3.05) is 33.2 Å². The molecule has 0 atom stereocenters. The van der Waals surface area contributed by atoms with E-state index in [0.29, 0.717) is 19.1 Å². The van der Waals surface area contributed by atoms with Gasteiger partial charge >= 0.3 is 6.09 Å². The van der Waals surface area contributed by atoms with E-state index in [1.807, 2.05) is 20.8 Å². The molecule has 0 aromatic heterocycles. The van der Waals surface area contributed by atoms with Gasteiger partial charge in [0.1, 0.15) is 5.60 Å². The second-order valence-electron chi connectivity index (χ2n) is 9.61. The van der Waals surface area contributed by atoms with Crippen LogP contribution in [0.4, 0.5) is 4.79 Å². The van der Waals surface area contributed by atoms with Gasteiger partial charge < -0.3 is 25.2 Å². The summed E-state index contributed by atoms with van der Waals surface area (Å²) in [4.78, 5) is 21.1. The average molecular weight is 574 g/mol. The van der Waals surface area contributed by atoms with E-state index in [-0.39, 0.29) is 30.1 Å². The summed E-state index contributed by atoms with van der Waals surface area (Å²) in [7, 11) is 1.76. The summed E-state index contributed by atoms with van der Waals surface area (Å²) in [6.45, 7) is 15.4. The summed E-state index contributed by atoms with van der Waals surface area (Å²) >= 11 is 0. The van der Waals surface area contributed by atoms with Gasteiger partial charge in [0.05, 0.1) is 6.54 Å². The molecule has 0 radical (unpaired) electrons. The Balaban J connectivity index is 0.00000544. The van der Waals surface area contributed by atoms with Gasteiger partial charge in [0.15, 0.2) is 5.96 Å². The molecular formula is C25H44IN5O2. The molecule has 0 saturated carbocycles. The maximum atomic E-state index is 12.2. The lowest BCUT2D eigenvalue weighted by atomic mass is 10.1. The largest absolute Gasteiger partial charge is 0.444 e. The quantitative estimate of drug-likeness (QED) is 0.270. The lowest BCUT2D eigenvalue weighted by molar-refractivity contribution is 0.0285. The minimum atomic E-state index is -0.488. The molecule has 0 aliphatic carbocycles. The molecule has 1 aromatic carbocycles. The number of rotatable bonds is 8. The highest BCUT2D eigenvalue weighted by Gasteiger charge is 2.20. The zero-order valence-corrected chi connectivity index (χ0v) is 23.6. The van der Waals surface area contributed by atoms with Crippen LogP contribution in [-0.4, -0.2) is 66.7 Å². The standard InChI is InChI=1S/C25H43N5O2.HI/c1-7-15-30-16-13-22(14-17-30)28-23(26-8-2)27-18-20-9-11-21(12-10-20)19-29(6)24(31)32-25(3,4)5;/h9-12,22H,7-8,13-19H2,1-6H3,(H2,26,27,28);1H. The number of benzene rings is 1. The third-order valence-corrected chi connectivity index (χ3v) is 5.38. The number of aliphatic imine (C=N–C) groups is 1. The molecule has 1 fully saturated rings. The van der Waals surface area contributed by atoms with Crippen molar-refractivity contribution in [3.8, 4) is 0 Å². The van der Waals surface area contributed by atoms with Crippen LogP contribution in [0.15, 0.2) is 29.3 Å². The van der Waals surface area contributed by atoms with Crippen molar-refractivity contribution < 1.29 is 9.53 Å². The molecule has 1 saturated heterocycles. The molecule has 1 heterocycles. The fraction of sp³-hybridized carbons (Fsp3) is 0.680. The number of guanidine groups is 1. The second kappa shape index (κ2) is 14.7. The maximum Gasteiger partial charge on any atom is 0.410 e. The molecule has 8 heteroatoms. The summed E-state index contributed by atoms with van der Waals surface area (Å²) in [6.07, 6.45) is 3.22. The molecule has 1 amide bonds. The van der Waals surface area contributed by atoms with Gasteiger partial charge in [-0.3, -0.25) is 0 Å². The Morgan fingerprint density at radius 2 is 1.76 bits per heavy atom. The van der Waals surface area contributed by atoms with E-state index in [0.717, 1.165) is 49.6 Å². The van der Waals surface area contributed by atoms with Gasteiger partial charge in [-0.2, -0.15) is 0 Å². The number of hydrogen-bond donors (Lipinski definition) is 2. The van der Waals surface area contributed by atoms with Crippen LogP contribution in [0.25, 0.3) is 0 Å². The molecule has 1 aromatic rings. The van der Waals surface area contributed by atoms with E-state index in [1.165, 1.54) is 13.0 Å². The van der Waals surface area contributed by atoms with Crippen LogP contribution < -0.4 is 10.6 Å². The Morgan fingerprint density at radius 1 is 1.15 bits per heavy atom. The molecule has 0 spiro atoms. The maximum absolute atomic E-state index is 12.2. The Bertz CT molecular complexity index is 725. The number of carbonyl (C=O) groups is 1. The van der Waals surface area contributed by atoms with Crippen LogP contribution in [0.2, 0.25) is 0 Å². The Kier molecular flexibility index (Phi) is 13.1. The van der Waals surface area contributed by atoms with Gasteiger partial charge in [-0.15, -0.1) is 24.0 Å². The van der Waals surface area contributed by atoms with Gasteiger partial charge in [0.25, 0.3) is 0 Å². The summed E-state index contributed by atoms with van der Waals surface area (Å²) in [5.41, 5.74) is 1.72. The van der Waals surface area contributed by atoms with E-state index < -0.39 is 5.60 Å². The van der Waals surface area contributed by atoms with Crippen LogP contribution in [0.3, 0.4) is 0 Å². The van der Waals surface area contributed by atoms with E-state index >= 15 is 0 Å². The molecule has 1 aliphatic rings. The Morgan fingerprint density at radius 3 is 2.30 bits per heavy atom. The number of amides is 1. The van der Waals surface area contributed by atoms with Gasteiger partial charge in [-0.05, 0) is 64.6 Å². The number of hydrogen-bond acceptors (Lipinski definition) is 4. The topological polar surface area (TPSA) is 69.2 Å². The SMILES string of the molecule is CCCN1CCC(NC(=NCc2ccc(CN(C)C(=O)OC(C)(C)C)cc2)NCC)CC1.I. The second-order valence-corrected chi connectivity index (χ2v) is 9.61. The lowest BCUT2D eigenvalue weighted by Crippen LogP contribution is -2.48. The van der Waals surface area contributed by atoms with Crippen molar-refractivity contribution in [1.29, 1.82) is 0 Å². The highest BCUT2D eigenvalue weighted by atomic mass is 127. The smallest absolute Gasteiger partial charge is 0.410 e. The number of halogens is 1. The minimum absolute atomic E-state index is 0. The van der Waals surface area contributed by atoms with Gasteiger partial charge in [0, 0.05) is 39.3 Å². The first-order chi connectivity index (χ1) is 15.2. The first kappa shape index (κ1) is 29.5. The zero-order valence-electron chi connectivity index (χ0n) is 21.3. The van der Waals surface area contributed by atoms with Crippen LogP contribution in [-0.2, 0) is 17.8 Å². The van der Waals surface area contributed by atoms with Gasteiger partial charge in [0.2, 0.25) is 0 Å². The van der Waals surface area contributed by atoms with E-state index in [9.17, 15) is 4.79 Å². The molecule has 0 bridgehead atoms. The van der Waals surface area contributed by atoms with E-state index in [1.54, 1.807) is 11.9 Å². The normalized spacial score (nSPS) is 15.5. The summed E-state index contributed by atoms with van der Waals surface area (Å²) < 4.78 is 5.42. The van der Waals surface area contributed by atoms with Crippen molar-refractivity contribution in [2.24, 2.45) is 4.99 Å². The minimum Gasteiger partial charge on any atom is -0.444 e. The third kappa shape index (κ3) is 11.4. The molecule has 0 unspecified atom stereocenters. The molecular weight excluding hydrogens is 529 g/mol. The fourth-order valence-electron chi connectivity index (χ4n) is 3.73. The fourth-order valence-corrected chi connectivity index (χ4v) is 3.73. The highest BCUT2D eigenvalue weighted by molar-refractivity contribution is 14.0. The predicted molar refractivity (Wildman–Crippen MR) is 147 cm³/mol. The van der Waals surface area contributed by atoms with Gasteiger partial charge in [-0.25, -0.2) is 9.79 Å². The molecule has 1 aliphatic heterocycles. The summed E-state index contributed by atoms with van der Waals surface area (Å²) in [6, 6.07) is 8.74. The van der Waals surface area contributed by atoms with Crippen molar-refractivity contribution in [3.63, 3.8) is 0 Å². The van der Waals surface area contributed by atoms with Crippen LogP contribution in [0.5, 0.6) is 0 Å². The van der Waals surface area contributed by atoms with Gasteiger partial charge in [-0.1, -0.05) is 31.2 Å². The molecule has 2 N–H and O–H groups in total. The molecule has 188 valence electrons. The van der Waals surface area contributed by atoms with E-state index in [2.05, 4.69) is 53.6 Å². The van der Waals surface area contributed by atoms with Crippen LogP contribution in [0, 0.1) is 0 Å². The first-order valence-corrected chi connectivity index (χ1v) is 12.0. The molecule has 33 heavy (non-hydrogen) atoms. The van der Waals surface area contributed by atoms with E-state index in [4.69, 9.17) is 9.73 Å². The first-order valence-electron chi connectivity index (χ1n) is 12.0. The monoisotopic (exact) mass is 573 g/mol. The Labute approximate surface area is 217 Å². The summed E-state index contributed by atoms with van der Waals surface area (Å²) in [5, 5.41) is 6.98. The highest BCUT2D eigenvalue weighted by Crippen LogP contribution is 2.13. The van der Waals surface area contributed by atoms with Crippen molar-refractivity contribution in [3.05, 3.63) is 35.4 Å². The number of nitrogens with one attached hydrogen (secondary N) is 2. The van der Waals surface area contributed by atoms with Crippen LogP contribution in [0.1, 0.15) is 65.0 Å². The lowest BCUT2D eigenvalue weighted by Gasteiger charge is -2.32. The number of carbonyl (C=O) groups excluding carboxylic acids is 1. The van der Waals surface area contributed by atoms with Crippen molar-refractivity contribution in [1.82, 2.24) is 20.4 Å².